The molecule has 1 aliphatic heterocycles. The van der Waals surface area contributed by atoms with Crippen molar-refractivity contribution in [3.63, 3.8) is 0 Å². The van der Waals surface area contributed by atoms with E-state index in [-0.39, 0.29) is 0 Å². The third kappa shape index (κ3) is 2.58. The number of anilines is 2. The van der Waals surface area contributed by atoms with Gasteiger partial charge < -0.3 is 15.4 Å². The number of fused-ring (bicyclic) bond motifs is 1. The lowest BCUT2D eigenvalue weighted by Gasteiger charge is -2.20. The minimum Gasteiger partial charge on any atom is -0.497 e. The highest BCUT2D eigenvalue weighted by atomic mass is 16.5. The van der Waals surface area contributed by atoms with Gasteiger partial charge in [-0.15, -0.1) is 0 Å². The fourth-order valence-corrected chi connectivity index (χ4v) is 2.40. The number of hydrogen-bond acceptors (Lipinski definition) is 5. The van der Waals surface area contributed by atoms with Crippen LogP contribution in [0.25, 0.3) is 0 Å². The number of nitrogens with one attached hydrogen (secondary N) is 2. The molecule has 0 fully saturated rings. The van der Waals surface area contributed by atoms with Crippen LogP contribution in [0.2, 0.25) is 0 Å². The van der Waals surface area contributed by atoms with Crippen LogP contribution < -0.4 is 15.4 Å². The molecule has 5 nitrogen and oxygen atoms in total. The molecule has 0 radical (unpaired) electrons. The molecular formula is C15H18N4O. The molecule has 1 aromatic heterocycles. The van der Waals surface area contributed by atoms with E-state index in [1.807, 2.05) is 31.2 Å². The SMILES string of the molecule is COc1ccc(Nc2nc(C)nc3c2CCNC3)cc1. The van der Waals surface area contributed by atoms with Crippen molar-refractivity contribution in [1.82, 2.24) is 15.3 Å². The third-order valence-electron chi connectivity index (χ3n) is 3.40. The van der Waals surface area contributed by atoms with Crippen molar-refractivity contribution in [1.29, 1.82) is 0 Å². The van der Waals surface area contributed by atoms with Crippen LogP contribution >= 0.6 is 0 Å². The lowest BCUT2D eigenvalue weighted by molar-refractivity contribution is 0.415. The Morgan fingerprint density at radius 3 is 2.75 bits per heavy atom. The van der Waals surface area contributed by atoms with E-state index in [1.165, 1.54) is 5.56 Å². The maximum Gasteiger partial charge on any atom is 0.137 e. The van der Waals surface area contributed by atoms with E-state index >= 15 is 0 Å². The molecule has 1 aliphatic rings. The zero-order valence-corrected chi connectivity index (χ0v) is 11.7. The monoisotopic (exact) mass is 270 g/mol. The number of benzene rings is 1. The van der Waals surface area contributed by atoms with Crippen molar-refractivity contribution < 1.29 is 4.74 Å². The molecule has 0 aliphatic carbocycles. The van der Waals surface area contributed by atoms with Crippen LogP contribution in [0.4, 0.5) is 11.5 Å². The summed E-state index contributed by atoms with van der Waals surface area (Å²) >= 11 is 0. The van der Waals surface area contributed by atoms with Crippen LogP contribution in [0.1, 0.15) is 17.1 Å². The Morgan fingerprint density at radius 1 is 1.20 bits per heavy atom. The van der Waals surface area contributed by atoms with Gasteiger partial charge in [0.1, 0.15) is 17.4 Å². The highest BCUT2D eigenvalue weighted by molar-refractivity contribution is 5.61. The summed E-state index contributed by atoms with van der Waals surface area (Å²) in [6.45, 7) is 3.71. The Balaban J connectivity index is 1.91. The molecule has 20 heavy (non-hydrogen) atoms. The van der Waals surface area contributed by atoms with Crippen molar-refractivity contribution in [3.05, 3.63) is 41.3 Å². The second-order valence-electron chi connectivity index (χ2n) is 4.82. The Morgan fingerprint density at radius 2 is 2.00 bits per heavy atom. The summed E-state index contributed by atoms with van der Waals surface area (Å²) in [7, 11) is 1.67. The van der Waals surface area contributed by atoms with Crippen molar-refractivity contribution in [3.8, 4) is 5.75 Å². The number of methoxy groups -OCH3 is 1. The van der Waals surface area contributed by atoms with Gasteiger partial charge in [0.2, 0.25) is 0 Å². The zero-order chi connectivity index (χ0) is 13.9. The van der Waals surface area contributed by atoms with Gasteiger partial charge in [-0.3, -0.25) is 0 Å². The van der Waals surface area contributed by atoms with Crippen LogP contribution in [-0.2, 0) is 13.0 Å². The first-order chi connectivity index (χ1) is 9.76. The normalized spacial score (nSPS) is 13.7. The molecule has 0 atom stereocenters. The van der Waals surface area contributed by atoms with E-state index in [2.05, 4.69) is 20.6 Å². The number of rotatable bonds is 3. The molecule has 0 unspecified atom stereocenters. The average Bonchev–Trinajstić information content (AvgIpc) is 2.48. The molecule has 0 spiro atoms. The van der Waals surface area contributed by atoms with E-state index < -0.39 is 0 Å². The summed E-state index contributed by atoms with van der Waals surface area (Å²) in [5.41, 5.74) is 3.31. The molecule has 2 heterocycles. The van der Waals surface area contributed by atoms with Crippen LogP contribution in [0.15, 0.2) is 24.3 Å². The molecule has 3 rings (SSSR count). The Labute approximate surface area is 118 Å². The van der Waals surface area contributed by atoms with Gasteiger partial charge in [0.15, 0.2) is 0 Å². The van der Waals surface area contributed by atoms with Gasteiger partial charge in [-0.05, 0) is 44.2 Å². The van der Waals surface area contributed by atoms with Crippen molar-refractivity contribution in [2.24, 2.45) is 0 Å². The molecule has 2 N–H and O–H groups in total. The predicted molar refractivity (Wildman–Crippen MR) is 78.5 cm³/mol. The first kappa shape index (κ1) is 12.9. The Bertz CT molecular complexity index is 610. The number of aryl methyl sites for hydroxylation is 1. The highest BCUT2D eigenvalue weighted by Gasteiger charge is 2.16. The predicted octanol–water partition coefficient (Wildman–Crippen LogP) is 2.18. The topological polar surface area (TPSA) is 59.1 Å². The van der Waals surface area contributed by atoms with Gasteiger partial charge in [-0.2, -0.15) is 0 Å². The molecule has 1 aromatic carbocycles. The number of aromatic nitrogens is 2. The highest BCUT2D eigenvalue weighted by Crippen LogP contribution is 2.24. The van der Waals surface area contributed by atoms with Gasteiger partial charge in [0.05, 0.1) is 12.8 Å². The third-order valence-corrected chi connectivity index (χ3v) is 3.40. The lowest BCUT2D eigenvalue weighted by Crippen LogP contribution is -2.26. The largest absolute Gasteiger partial charge is 0.497 e. The minimum absolute atomic E-state index is 0.795. The summed E-state index contributed by atoms with van der Waals surface area (Å²) < 4.78 is 5.17. The fraction of sp³-hybridized carbons (Fsp3) is 0.333. The Kier molecular flexibility index (Phi) is 3.52. The Hall–Kier alpha value is -2.14. The van der Waals surface area contributed by atoms with Gasteiger partial charge in [0, 0.05) is 17.8 Å². The molecular weight excluding hydrogens is 252 g/mol. The second-order valence-corrected chi connectivity index (χ2v) is 4.82. The number of hydrogen-bond donors (Lipinski definition) is 2. The molecule has 0 bridgehead atoms. The van der Waals surface area contributed by atoms with Gasteiger partial charge in [-0.1, -0.05) is 0 Å². The molecule has 2 aromatic rings. The van der Waals surface area contributed by atoms with E-state index in [9.17, 15) is 0 Å². The van der Waals surface area contributed by atoms with Crippen LogP contribution in [0.5, 0.6) is 5.75 Å². The summed E-state index contributed by atoms with van der Waals surface area (Å²) in [6.07, 6.45) is 0.952. The van der Waals surface area contributed by atoms with Crippen LogP contribution in [0.3, 0.4) is 0 Å². The molecule has 0 amide bonds. The maximum absolute atomic E-state index is 5.17. The fourth-order valence-electron chi connectivity index (χ4n) is 2.40. The first-order valence-electron chi connectivity index (χ1n) is 6.74. The number of nitrogens with zero attached hydrogens (tertiary/aromatic N) is 2. The van der Waals surface area contributed by atoms with Crippen LogP contribution in [0, 0.1) is 6.92 Å². The van der Waals surface area contributed by atoms with E-state index in [4.69, 9.17) is 4.74 Å². The van der Waals surface area contributed by atoms with E-state index in [0.29, 0.717) is 0 Å². The first-order valence-corrected chi connectivity index (χ1v) is 6.74. The summed E-state index contributed by atoms with van der Waals surface area (Å²) in [4.78, 5) is 9.05. The quantitative estimate of drug-likeness (QED) is 0.895. The van der Waals surface area contributed by atoms with Gasteiger partial charge in [0.25, 0.3) is 0 Å². The number of ether oxygens (including phenoxy) is 1. The summed E-state index contributed by atoms with van der Waals surface area (Å²) in [5.74, 6) is 2.56. The lowest BCUT2D eigenvalue weighted by atomic mass is 10.1. The summed E-state index contributed by atoms with van der Waals surface area (Å²) in [6, 6.07) is 7.85. The van der Waals surface area contributed by atoms with E-state index in [1.54, 1.807) is 7.11 Å². The van der Waals surface area contributed by atoms with Gasteiger partial charge in [-0.25, -0.2) is 9.97 Å². The van der Waals surface area contributed by atoms with Crippen LogP contribution in [-0.4, -0.2) is 23.6 Å². The van der Waals surface area contributed by atoms with E-state index in [0.717, 1.165) is 48.3 Å². The smallest absolute Gasteiger partial charge is 0.137 e. The molecule has 5 heteroatoms. The zero-order valence-electron chi connectivity index (χ0n) is 11.7. The van der Waals surface area contributed by atoms with Gasteiger partial charge >= 0.3 is 0 Å². The minimum atomic E-state index is 0.795. The molecule has 0 saturated carbocycles. The average molecular weight is 270 g/mol. The molecule has 104 valence electrons. The van der Waals surface area contributed by atoms with Crippen molar-refractivity contribution >= 4 is 11.5 Å². The summed E-state index contributed by atoms with van der Waals surface area (Å²) in [5, 5.41) is 6.73. The standard InChI is InChI=1S/C15H18N4O/c1-10-17-14-9-16-8-7-13(14)15(18-10)19-11-3-5-12(20-2)6-4-11/h3-6,16H,7-9H2,1-2H3,(H,17,18,19). The maximum atomic E-state index is 5.17. The van der Waals surface area contributed by atoms with Crippen molar-refractivity contribution in [2.75, 3.05) is 19.0 Å². The van der Waals surface area contributed by atoms with Crippen molar-refractivity contribution in [2.45, 2.75) is 19.9 Å². The second kappa shape index (κ2) is 5.46. The molecule has 0 saturated heterocycles.